The molecule has 1 amide bonds. The zero-order valence-corrected chi connectivity index (χ0v) is 18.6. The van der Waals surface area contributed by atoms with Gasteiger partial charge in [-0.1, -0.05) is 13.0 Å². The Hall–Kier alpha value is -1.84. The molecule has 0 radical (unpaired) electrons. The molecule has 0 aromatic carbocycles. The van der Waals surface area contributed by atoms with Crippen LogP contribution in [0, 0.1) is 6.92 Å². The van der Waals surface area contributed by atoms with E-state index in [4.69, 9.17) is 4.98 Å². The molecule has 148 valence electrons. The van der Waals surface area contributed by atoms with Crippen LogP contribution in [0.25, 0.3) is 5.65 Å². The molecular formula is C19H29IN6O. The Morgan fingerprint density at radius 2 is 2.26 bits per heavy atom. The summed E-state index contributed by atoms with van der Waals surface area (Å²) in [6.45, 7) is 6.31. The summed E-state index contributed by atoms with van der Waals surface area (Å²) < 4.78 is 2.07. The lowest BCUT2D eigenvalue weighted by Crippen LogP contribution is -2.45. The molecule has 1 unspecified atom stereocenters. The van der Waals surface area contributed by atoms with Crippen molar-refractivity contribution < 1.29 is 4.79 Å². The predicted octanol–water partition coefficient (Wildman–Crippen LogP) is 1.98. The van der Waals surface area contributed by atoms with Crippen molar-refractivity contribution in [3.05, 3.63) is 35.8 Å². The fourth-order valence-corrected chi connectivity index (χ4v) is 3.35. The second-order valence-corrected chi connectivity index (χ2v) is 6.73. The molecule has 0 spiro atoms. The molecule has 27 heavy (non-hydrogen) atoms. The zero-order chi connectivity index (χ0) is 18.5. The van der Waals surface area contributed by atoms with Crippen molar-refractivity contribution >= 4 is 41.5 Å². The number of nitrogens with zero attached hydrogens (tertiary/aromatic N) is 4. The van der Waals surface area contributed by atoms with Crippen LogP contribution in [-0.2, 0) is 11.2 Å². The number of likely N-dealkylation sites (tertiary alicyclic amines) is 1. The molecule has 1 fully saturated rings. The molecule has 8 heteroatoms. The number of hydrogen-bond donors (Lipinski definition) is 2. The average molecular weight is 484 g/mol. The second kappa shape index (κ2) is 9.91. The summed E-state index contributed by atoms with van der Waals surface area (Å²) in [5, 5.41) is 6.76. The number of aromatic nitrogens is 2. The first kappa shape index (κ1) is 21.5. The number of aryl methyl sites for hydroxylation is 1. The maximum atomic E-state index is 11.8. The largest absolute Gasteiger partial charge is 0.356 e. The molecule has 1 saturated heterocycles. The number of imidazole rings is 1. The first-order chi connectivity index (χ1) is 12.6. The smallest absolute Gasteiger partial charge is 0.222 e. The number of aliphatic imine (C=N–C) groups is 1. The zero-order valence-electron chi connectivity index (χ0n) is 16.2. The molecule has 0 aliphatic carbocycles. The van der Waals surface area contributed by atoms with Crippen molar-refractivity contribution in [1.29, 1.82) is 0 Å². The number of halogens is 1. The van der Waals surface area contributed by atoms with Crippen molar-refractivity contribution in [3.63, 3.8) is 0 Å². The van der Waals surface area contributed by atoms with E-state index in [2.05, 4.69) is 39.2 Å². The second-order valence-electron chi connectivity index (χ2n) is 6.73. The van der Waals surface area contributed by atoms with Crippen LogP contribution in [0.5, 0.6) is 0 Å². The van der Waals surface area contributed by atoms with E-state index in [9.17, 15) is 4.79 Å². The molecule has 3 rings (SSSR count). The number of carbonyl (C=O) groups excluding carboxylic acids is 1. The number of amides is 1. The molecular weight excluding hydrogens is 455 g/mol. The number of guanidine groups is 1. The summed E-state index contributed by atoms with van der Waals surface area (Å²) in [4.78, 5) is 22.7. The average Bonchev–Trinajstić information content (AvgIpc) is 3.27. The van der Waals surface area contributed by atoms with Gasteiger partial charge in [-0.05, 0) is 25.0 Å². The summed E-state index contributed by atoms with van der Waals surface area (Å²) in [6, 6.07) is 4.37. The molecule has 0 saturated carbocycles. The van der Waals surface area contributed by atoms with E-state index in [1.165, 1.54) is 5.56 Å². The van der Waals surface area contributed by atoms with Gasteiger partial charge in [0.1, 0.15) is 5.65 Å². The van der Waals surface area contributed by atoms with E-state index >= 15 is 0 Å². The van der Waals surface area contributed by atoms with Gasteiger partial charge in [0.2, 0.25) is 5.91 Å². The Morgan fingerprint density at radius 1 is 1.44 bits per heavy atom. The van der Waals surface area contributed by atoms with Crippen LogP contribution >= 0.6 is 24.0 Å². The monoisotopic (exact) mass is 484 g/mol. The normalized spacial score (nSPS) is 17.1. The summed E-state index contributed by atoms with van der Waals surface area (Å²) in [5.74, 6) is 1.00. The van der Waals surface area contributed by atoms with Gasteiger partial charge in [0.05, 0.1) is 5.69 Å². The maximum absolute atomic E-state index is 11.8. The van der Waals surface area contributed by atoms with Gasteiger partial charge in [0.25, 0.3) is 0 Å². The Bertz CT molecular complexity index is 803. The third-order valence-corrected chi connectivity index (χ3v) is 4.81. The number of rotatable bonds is 5. The minimum Gasteiger partial charge on any atom is -0.356 e. The lowest BCUT2D eigenvalue weighted by Gasteiger charge is -2.18. The number of hydrogen-bond acceptors (Lipinski definition) is 3. The van der Waals surface area contributed by atoms with Crippen LogP contribution in [0.3, 0.4) is 0 Å². The topological polar surface area (TPSA) is 74.0 Å². The molecule has 1 atom stereocenters. The Labute approximate surface area is 177 Å². The number of carbonyl (C=O) groups is 1. The van der Waals surface area contributed by atoms with Gasteiger partial charge in [-0.25, -0.2) is 4.98 Å². The summed E-state index contributed by atoms with van der Waals surface area (Å²) in [5.41, 5.74) is 3.25. The van der Waals surface area contributed by atoms with Gasteiger partial charge in [0, 0.05) is 58.0 Å². The highest BCUT2D eigenvalue weighted by Crippen LogP contribution is 2.11. The van der Waals surface area contributed by atoms with E-state index in [1.54, 1.807) is 7.05 Å². The van der Waals surface area contributed by atoms with E-state index in [0.29, 0.717) is 6.42 Å². The van der Waals surface area contributed by atoms with Crippen LogP contribution in [0.1, 0.15) is 31.0 Å². The SMILES string of the molecule is CCC(=O)N1CCC(NC(=NC)NCCc2cn3cccc(C)c3n2)C1.I. The molecule has 7 nitrogen and oxygen atoms in total. The third-order valence-electron chi connectivity index (χ3n) is 4.81. The lowest BCUT2D eigenvalue weighted by molar-refractivity contribution is -0.129. The van der Waals surface area contributed by atoms with Gasteiger partial charge in [-0.3, -0.25) is 9.79 Å². The highest BCUT2D eigenvalue weighted by molar-refractivity contribution is 14.0. The highest BCUT2D eigenvalue weighted by Gasteiger charge is 2.25. The van der Waals surface area contributed by atoms with Crippen LogP contribution in [0.2, 0.25) is 0 Å². The predicted molar refractivity (Wildman–Crippen MR) is 119 cm³/mol. The quantitative estimate of drug-likeness (QED) is 0.387. The molecule has 3 heterocycles. The molecule has 2 N–H and O–H groups in total. The molecule has 1 aliphatic heterocycles. The molecule has 2 aromatic heterocycles. The molecule has 2 aromatic rings. The Kier molecular flexibility index (Phi) is 7.88. The minimum atomic E-state index is 0. The van der Waals surface area contributed by atoms with E-state index in [-0.39, 0.29) is 35.9 Å². The van der Waals surface area contributed by atoms with Crippen LogP contribution in [0.4, 0.5) is 0 Å². The van der Waals surface area contributed by atoms with Crippen molar-refractivity contribution in [2.75, 3.05) is 26.7 Å². The first-order valence-electron chi connectivity index (χ1n) is 9.29. The first-order valence-corrected chi connectivity index (χ1v) is 9.29. The van der Waals surface area contributed by atoms with Crippen LogP contribution in [-0.4, -0.2) is 58.9 Å². The van der Waals surface area contributed by atoms with Gasteiger partial charge in [0.15, 0.2) is 5.96 Å². The number of fused-ring (bicyclic) bond motifs is 1. The standard InChI is InChI=1S/C19H28N6O.HI/c1-4-17(26)24-11-8-16(12-24)23-19(20-3)21-9-7-15-13-25-10-5-6-14(2)18(25)22-15;/h5-6,10,13,16H,4,7-9,11-12H2,1-3H3,(H2,20,21,23);1H. The maximum Gasteiger partial charge on any atom is 0.222 e. The molecule has 0 bridgehead atoms. The number of pyridine rings is 1. The summed E-state index contributed by atoms with van der Waals surface area (Å²) >= 11 is 0. The lowest BCUT2D eigenvalue weighted by atomic mass is 10.3. The van der Waals surface area contributed by atoms with Gasteiger partial charge in [-0.15, -0.1) is 24.0 Å². The summed E-state index contributed by atoms with van der Waals surface area (Å²) in [6.07, 6.45) is 6.45. The Morgan fingerprint density at radius 3 is 2.96 bits per heavy atom. The Balaban J connectivity index is 0.00000261. The van der Waals surface area contributed by atoms with Gasteiger partial charge >= 0.3 is 0 Å². The summed E-state index contributed by atoms with van der Waals surface area (Å²) in [7, 11) is 1.77. The minimum absolute atomic E-state index is 0. The van der Waals surface area contributed by atoms with E-state index in [0.717, 1.165) is 49.8 Å². The van der Waals surface area contributed by atoms with E-state index < -0.39 is 0 Å². The van der Waals surface area contributed by atoms with Crippen LogP contribution < -0.4 is 10.6 Å². The van der Waals surface area contributed by atoms with Crippen molar-refractivity contribution in [1.82, 2.24) is 24.9 Å². The molecule has 1 aliphatic rings. The fourth-order valence-electron chi connectivity index (χ4n) is 3.35. The van der Waals surface area contributed by atoms with Crippen molar-refractivity contribution in [3.8, 4) is 0 Å². The number of nitrogens with one attached hydrogen (secondary N) is 2. The van der Waals surface area contributed by atoms with Crippen molar-refractivity contribution in [2.45, 2.75) is 39.2 Å². The van der Waals surface area contributed by atoms with Crippen LogP contribution in [0.15, 0.2) is 29.5 Å². The third kappa shape index (κ3) is 5.33. The highest BCUT2D eigenvalue weighted by atomic mass is 127. The van der Waals surface area contributed by atoms with Gasteiger partial charge < -0.3 is 19.9 Å². The van der Waals surface area contributed by atoms with Gasteiger partial charge in [-0.2, -0.15) is 0 Å². The fraction of sp³-hybridized carbons (Fsp3) is 0.526. The van der Waals surface area contributed by atoms with Crippen molar-refractivity contribution in [2.24, 2.45) is 4.99 Å². The van der Waals surface area contributed by atoms with E-state index in [1.807, 2.05) is 24.1 Å².